The standard InChI is InChI=1S/C30H30F7N3O3/c1-17-25(5-3-2-4-6-26(17)41)28(42)40-27-13-20(19-10-22(31)14-24(12-19)43-30(35,36)37)11-23(39-27)8-7-18-9-21(16-38-15-18)29(32,33)34/h9-10,12-17,23,25H,2-8,11H2,1H3,(H,39,40,42)/t17-,23?,25+/m1/s1. The van der Waals surface area contributed by atoms with Crippen LogP contribution in [-0.4, -0.2) is 34.9 Å². The van der Waals surface area contributed by atoms with Crippen molar-refractivity contribution in [1.29, 1.82) is 0 Å². The number of nitrogens with zero attached hydrogens (tertiary/aromatic N) is 2. The van der Waals surface area contributed by atoms with Gasteiger partial charge < -0.3 is 10.1 Å². The first-order valence-corrected chi connectivity index (χ1v) is 13.9. The van der Waals surface area contributed by atoms with Crippen molar-refractivity contribution in [3.05, 3.63) is 65.2 Å². The quantitative estimate of drug-likeness (QED) is 0.349. The Kier molecular flexibility index (Phi) is 9.91. The van der Waals surface area contributed by atoms with Gasteiger partial charge >= 0.3 is 12.5 Å². The minimum Gasteiger partial charge on any atom is -0.406 e. The van der Waals surface area contributed by atoms with Crippen LogP contribution in [0.4, 0.5) is 30.7 Å². The van der Waals surface area contributed by atoms with Crippen molar-refractivity contribution in [2.45, 2.75) is 76.9 Å². The first-order valence-electron chi connectivity index (χ1n) is 13.9. The summed E-state index contributed by atoms with van der Waals surface area (Å²) in [6.45, 7) is 1.70. The van der Waals surface area contributed by atoms with E-state index in [1.165, 1.54) is 12.3 Å². The van der Waals surface area contributed by atoms with Gasteiger partial charge in [-0.05, 0) is 73.1 Å². The molecule has 13 heteroatoms. The predicted octanol–water partition coefficient (Wildman–Crippen LogP) is 7.23. The van der Waals surface area contributed by atoms with Crippen LogP contribution < -0.4 is 10.1 Å². The van der Waals surface area contributed by atoms with Crippen LogP contribution in [0.15, 0.2) is 47.7 Å². The zero-order valence-corrected chi connectivity index (χ0v) is 23.2. The van der Waals surface area contributed by atoms with Crippen LogP contribution in [0.5, 0.6) is 5.75 Å². The molecule has 232 valence electrons. The van der Waals surface area contributed by atoms with Crippen LogP contribution >= 0.6 is 0 Å². The van der Waals surface area contributed by atoms with Crippen molar-refractivity contribution in [2.24, 2.45) is 16.8 Å². The second-order valence-electron chi connectivity index (χ2n) is 10.8. The number of ketones is 1. The topological polar surface area (TPSA) is 80.7 Å². The number of carbonyl (C=O) groups excluding carboxylic acids is 2. The van der Waals surface area contributed by atoms with E-state index in [0.29, 0.717) is 36.2 Å². The van der Waals surface area contributed by atoms with E-state index in [1.807, 2.05) is 0 Å². The average Bonchev–Trinajstić information content (AvgIpc) is 2.90. The third kappa shape index (κ3) is 9.11. The molecule has 1 aromatic heterocycles. The lowest BCUT2D eigenvalue weighted by Gasteiger charge is -2.26. The number of halogens is 7. The molecular formula is C30H30F7N3O3. The fraction of sp³-hybridized carbons (Fsp3) is 0.467. The van der Waals surface area contributed by atoms with Crippen LogP contribution in [0, 0.1) is 17.7 Å². The number of nitrogens with one attached hydrogen (secondary N) is 1. The summed E-state index contributed by atoms with van der Waals surface area (Å²) < 4.78 is 96.2. The number of alkyl halides is 6. The van der Waals surface area contributed by atoms with Gasteiger partial charge in [0.2, 0.25) is 5.91 Å². The summed E-state index contributed by atoms with van der Waals surface area (Å²) in [6.07, 6.45) is -2.62. The molecule has 0 spiro atoms. The number of hydrogen-bond acceptors (Lipinski definition) is 5. The number of aromatic nitrogens is 1. The van der Waals surface area contributed by atoms with E-state index in [0.717, 1.165) is 37.5 Å². The van der Waals surface area contributed by atoms with Crippen LogP contribution in [0.3, 0.4) is 0 Å². The smallest absolute Gasteiger partial charge is 0.406 e. The minimum absolute atomic E-state index is 0.0220. The molecule has 6 nitrogen and oxygen atoms in total. The zero-order chi connectivity index (χ0) is 31.4. The van der Waals surface area contributed by atoms with Gasteiger partial charge in [-0.25, -0.2) is 4.39 Å². The molecule has 1 unspecified atom stereocenters. The average molecular weight is 614 g/mol. The van der Waals surface area contributed by atoms with Gasteiger partial charge in [0.15, 0.2) is 0 Å². The van der Waals surface area contributed by atoms with Gasteiger partial charge in [0, 0.05) is 36.7 Å². The minimum atomic E-state index is -5.06. The molecule has 1 aliphatic heterocycles. The van der Waals surface area contributed by atoms with Crippen molar-refractivity contribution in [2.75, 3.05) is 0 Å². The number of Topliss-reactive ketones (excluding diaryl/α,β-unsaturated/α-hetero) is 1. The molecular weight excluding hydrogens is 583 g/mol. The summed E-state index contributed by atoms with van der Waals surface area (Å²) in [6, 6.07) is 2.96. The second-order valence-corrected chi connectivity index (χ2v) is 10.8. The number of rotatable bonds is 6. The highest BCUT2D eigenvalue weighted by atomic mass is 19.4. The van der Waals surface area contributed by atoms with Gasteiger partial charge in [0.05, 0.1) is 11.6 Å². The highest BCUT2D eigenvalue weighted by molar-refractivity contribution is 6.09. The molecule has 1 fully saturated rings. The number of amidine groups is 1. The van der Waals surface area contributed by atoms with Gasteiger partial charge in [-0.15, -0.1) is 13.2 Å². The maximum Gasteiger partial charge on any atom is 0.573 e. The molecule has 1 N–H and O–H groups in total. The predicted molar refractivity (Wildman–Crippen MR) is 143 cm³/mol. The highest BCUT2D eigenvalue weighted by Crippen LogP contribution is 2.33. The molecule has 1 aromatic carbocycles. The lowest BCUT2D eigenvalue weighted by molar-refractivity contribution is -0.274. The molecule has 3 atom stereocenters. The fourth-order valence-corrected chi connectivity index (χ4v) is 5.37. The number of amides is 1. The fourth-order valence-electron chi connectivity index (χ4n) is 5.37. The van der Waals surface area contributed by atoms with Crippen molar-refractivity contribution >= 4 is 23.1 Å². The van der Waals surface area contributed by atoms with Gasteiger partial charge in [-0.2, -0.15) is 13.2 Å². The Morgan fingerprint density at radius 3 is 2.53 bits per heavy atom. The van der Waals surface area contributed by atoms with E-state index in [4.69, 9.17) is 0 Å². The zero-order valence-electron chi connectivity index (χ0n) is 23.2. The summed E-state index contributed by atoms with van der Waals surface area (Å²) in [5.41, 5.74) is -0.224. The summed E-state index contributed by atoms with van der Waals surface area (Å²) in [4.78, 5) is 34.0. The second kappa shape index (κ2) is 13.3. The lowest BCUT2D eigenvalue weighted by Crippen LogP contribution is -2.41. The Bertz CT molecular complexity index is 1400. The van der Waals surface area contributed by atoms with Crippen molar-refractivity contribution in [1.82, 2.24) is 10.3 Å². The molecule has 2 heterocycles. The number of hydrogen-bond donors (Lipinski definition) is 1. The van der Waals surface area contributed by atoms with Crippen molar-refractivity contribution in [3.8, 4) is 5.75 Å². The molecule has 43 heavy (non-hydrogen) atoms. The molecule has 4 rings (SSSR count). The molecule has 2 aliphatic rings. The summed E-state index contributed by atoms with van der Waals surface area (Å²) in [7, 11) is 0. The van der Waals surface area contributed by atoms with E-state index in [9.17, 15) is 40.3 Å². The SMILES string of the molecule is C[C@H]1C(=O)CCCCC[C@@H]1C(=O)NC1=NC(CCc2cncc(C(F)(F)F)c2)CC(c2cc(F)cc(OC(F)(F)F)c2)=C1. The molecule has 2 aromatic rings. The van der Waals surface area contributed by atoms with Crippen LogP contribution in [0.25, 0.3) is 5.57 Å². The molecule has 0 bridgehead atoms. The van der Waals surface area contributed by atoms with E-state index in [2.05, 4.69) is 20.0 Å². The summed E-state index contributed by atoms with van der Waals surface area (Å²) >= 11 is 0. The molecule has 0 saturated heterocycles. The van der Waals surface area contributed by atoms with Gasteiger partial charge in [0.25, 0.3) is 0 Å². The van der Waals surface area contributed by atoms with Crippen LogP contribution in [-0.2, 0) is 22.2 Å². The monoisotopic (exact) mass is 613 g/mol. The Morgan fingerprint density at radius 2 is 1.81 bits per heavy atom. The lowest BCUT2D eigenvalue weighted by atomic mass is 9.81. The van der Waals surface area contributed by atoms with Gasteiger partial charge in [0.1, 0.15) is 23.2 Å². The van der Waals surface area contributed by atoms with Gasteiger partial charge in [-0.1, -0.05) is 19.8 Å². The van der Waals surface area contributed by atoms with Crippen LogP contribution in [0.1, 0.15) is 68.6 Å². The Hall–Kier alpha value is -3.77. The maximum absolute atomic E-state index is 14.4. The molecule has 1 amide bonds. The van der Waals surface area contributed by atoms with E-state index in [-0.39, 0.29) is 36.4 Å². The molecule has 1 aliphatic carbocycles. The van der Waals surface area contributed by atoms with E-state index < -0.39 is 53.5 Å². The molecule has 1 saturated carbocycles. The number of aryl methyl sites for hydroxylation is 1. The summed E-state index contributed by atoms with van der Waals surface area (Å²) in [5.74, 6) is -3.31. The normalized spacial score (nSPS) is 21.8. The van der Waals surface area contributed by atoms with Crippen molar-refractivity contribution in [3.63, 3.8) is 0 Å². The largest absolute Gasteiger partial charge is 0.573 e. The number of pyridine rings is 1. The third-order valence-corrected chi connectivity index (χ3v) is 7.59. The number of benzene rings is 1. The molecule has 0 radical (unpaired) electrons. The number of ether oxygens (including phenoxy) is 1. The first-order chi connectivity index (χ1) is 20.2. The Morgan fingerprint density at radius 1 is 1.05 bits per heavy atom. The highest BCUT2D eigenvalue weighted by Gasteiger charge is 2.34. The summed E-state index contributed by atoms with van der Waals surface area (Å²) in [5, 5.41) is 2.73. The maximum atomic E-state index is 14.4. The van der Waals surface area contributed by atoms with Gasteiger partial charge in [-0.3, -0.25) is 19.6 Å². The van der Waals surface area contributed by atoms with E-state index >= 15 is 0 Å². The number of aliphatic imine (C=N–C) groups is 1. The Balaban J connectivity index is 1.61. The number of dihydropyridines is 1. The Labute approximate surface area is 243 Å². The van der Waals surface area contributed by atoms with Crippen molar-refractivity contribution < 1.29 is 45.1 Å². The van der Waals surface area contributed by atoms with E-state index in [1.54, 1.807) is 6.92 Å². The first kappa shape index (κ1) is 32.2. The number of carbonyl (C=O) groups is 2. The third-order valence-electron chi connectivity index (χ3n) is 7.59. The van der Waals surface area contributed by atoms with Crippen LogP contribution in [0.2, 0.25) is 0 Å².